The summed E-state index contributed by atoms with van der Waals surface area (Å²) < 4.78 is 10.5. The molecule has 1 aromatic carbocycles. The standard InChI is InChI=1S/C18H27NO3/c1-4-22-18(20)17(14-8-6-5-7-9-14)19(2)15-10-12-16(21-3)13-11-15/h10-14,17H,4-9H2,1-3H3. The van der Waals surface area contributed by atoms with Crippen LogP contribution in [0.15, 0.2) is 24.3 Å². The second kappa shape index (κ2) is 8.06. The van der Waals surface area contributed by atoms with Crippen LogP contribution < -0.4 is 9.64 Å². The second-order valence-electron chi connectivity index (χ2n) is 5.90. The molecule has 4 nitrogen and oxygen atoms in total. The third-order valence-electron chi connectivity index (χ3n) is 4.52. The molecular weight excluding hydrogens is 278 g/mol. The fourth-order valence-electron chi connectivity index (χ4n) is 3.32. The summed E-state index contributed by atoms with van der Waals surface area (Å²) in [6.45, 7) is 2.29. The van der Waals surface area contributed by atoms with Crippen LogP contribution >= 0.6 is 0 Å². The van der Waals surface area contributed by atoms with E-state index >= 15 is 0 Å². The van der Waals surface area contributed by atoms with Gasteiger partial charge in [0.25, 0.3) is 0 Å². The number of hydrogen-bond donors (Lipinski definition) is 0. The van der Waals surface area contributed by atoms with Crippen molar-refractivity contribution in [3.63, 3.8) is 0 Å². The maximum absolute atomic E-state index is 12.5. The van der Waals surface area contributed by atoms with Gasteiger partial charge in [0.05, 0.1) is 13.7 Å². The summed E-state index contributed by atoms with van der Waals surface area (Å²) in [5, 5.41) is 0. The first-order valence-corrected chi connectivity index (χ1v) is 8.21. The minimum atomic E-state index is -0.200. The molecule has 0 spiro atoms. The van der Waals surface area contributed by atoms with Gasteiger partial charge < -0.3 is 14.4 Å². The molecule has 0 amide bonds. The molecule has 0 aliphatic heterocycles. The maximum atomic E-state index is 12.5. The average molecular weight is 305 g/mol. The number of methoxy groups -OCH3 is 1. The van der Waals surface area contributed by atoms with Crippen molar-refractivity contribution in [2.75, 3.05) is 25.7 Å². The van der Waals surface area contributed by atoms with Crippen molar-refractivity contribution in [1.82, 2.24) is 0 Å². The van der Waals surface area contributed by atoms with Crippen molar-refractivity contribution in [1.29, 1.82) is 0 Å². The molecule has 122 valence electrons. The minimum absolute atomic E-state index is 0.104. The number of carbonyl (C=O) groups is 1. The van der Waals surface area contributed by atoms with E-state index in [1.807, 2.05) is 38.2 Å². The second-order valence-corrected chi connectivity index (χ2v) is 5.90. The van der Waals surface area contributed by atoms with Crippen LogP contribution in [-0.4, -0.2) is 32.8 Å². The van der Waals surface area contributed by atoms with Gasteiger partial charge in [0.1, 0.15) is 11.8 Å². The van der Waals surface area contributed by atoms with Gasteiger partial charge in [-0.05, 0) is 49.9 Å². The predicted molar refractivity (Wildman–Crippen MR) is 88.4 cm³/mol. The Morgan fingerprint density at radius 1 is 1.23 bits per heavy atom. The average Bonchev–Trinajstić information content (AvgIpc) is 2.56. The van der Waals surface area contributed by atoms with Crippen molar-refractivity contribution >= 4 is 11.7 Å². The molecule has 1 atom stereocenters. The number of carbonyl (C=O) groups excluding carboxylic acids is 1. The molecule has 1 aliphatic carbocycles. The van der Waals surface area contributed by atoms with Gasteiger partial charge in [-0.15, -0.1) is 0 Å². The van der Waals surface area contributed by atoms with E-state index in [-0.39, 0.29) is 12.0 Å². The molecule has 22 heavy (non-hydrogen) atoms. The Hall–Kier alpha value is -1.71. The van der Waals surface area contributed by atoms with Crippen LogP contribution in [0.5, 0.6) is 5.75 Å². The van der Waals surface area contributed by atoms with Gasteiger partial charge in [-0.2, -0.15) is 0 Å². The fraction of sp³-hybridized carbons (Fsp3) is 0.611. The van der Waals surface area contributed by atoms with Gasteiger partial charge in [-0.1, -0.05) is 19.3 Å². The summed E-state index contributed by atoms with van der Waals surface area (Å²) in [6.07, 6.45) is 5.89. The maximum Gasteiger partial charge on any atom is 0.329 e. The van der Waals surface area contributed by atoms with Crippen LogP contribution in [0.1, 0.15) is 39.0 Å². The van der Waals surface area contributed by atoms with Crippen LogP contribution in [-0.2, 0) is 9.53 Å². The molecule has 1 fully saturated rings. The van der Waals surface area contributed by atoms with Gasteiger partial charge >= 0.3 is 5.97 Å². The first-order valence-electron chi connectivity index (χ1n) is 8.21. The van der Waals surface area contributed by atoms with E-state index in [0.717, 1.165) is 24.3 Å². The summed E-state index contributed by atoms with van der Waals surface area (Å²) in [5.74, 6) is 1.09. The minimum Gasteiger partial charge on any atom is -0.497 e. The number of rotatable bonds is 6. The molecule has 0 radical (unpaired) electrons. The monoisotopic (exact) mass is 305 g/mol. The summed E-state index contributed by atoms with van der Waals surface area (Å²) >= 11 is 0. The Balaban J connectivity index is 2.19. The number of likely N-dealkylation sites (N-methyl/N-ethyl adjacent to an activating group) is 1. The zero-order valence-corrected chi connectivity index (χ0v) is 13.9. The van der Waals surface area contributed by atoms with Gasteiger partial charge in [0.2, 0.25) is 0 Å². The molecule has 4 heteroatoms. The molecular formula is C18H27NO3. The van der Waals surface area contributed by atoms with Gasteiger partial charge in [0, 0.05) is 12.7 Å². The predicted octanol–water partition coefficient (Wildman–Crippen LogP) is 3.64. The largest absolute Gasteiger partial charge is 0.497 e. The number of ether oxygens (including phenoxy) is 2. The van der Waals surface area contributed by atoms with E-state index in [1.54, 1.807) is 7.11 Å². The zero-order chi connectivity index (χ0) is 15.9. The molecule has 0 saturated heterocycles. The van der Waals surface area contributed by atoms with E-state index < -0.39 is 0 Å². The zero-order valence-electron chi connectivity index (χ0n) is 13.9. The highest BCUT2D eigenvalue weighted by molar-refractivity contribution is 5.80. The smallest absolute Gasteiger partial charge is 0.329 e. The third kappa shape index (κ3) is 3.93. The Morgan fingerprint density at radius 2 is 1.86 bits per heavy atom. The molecule has 1 saturated carbocycles. The Kier molecular flexibility index (Phi) is 6.10. The summed E-state index contributed by atoms with van der Waals surface area (Å²) in [7, 11) is 3.64. The van der Waals surface area contributed by atoms with Gasteiger partial charge in [0.15, 0.2) is 0 Å². The van der Waals surface area contributed by atoms with Crippen molar-refractivity contribution in [2.24, 2.45) is 5.92 Å². The Labute approximate surface area is 133 Å². The van der Waals surface area contributed by atoms with Crippen LogP contribution in [0.2, 0.25) is 0 Å². The van der Waals surface area contributed by atoms with E-state index in [9.17, 15) is 4.79 Å². The molecule has 0 bridgehead atoms. The van der Waals surface area contributed by atoms with E-state index in [2.05, 4.69) is 4.90 Å². The lowest BCUT2D eigenvalue weighted by Crippen LogP contribution is -2.46. The lowest BCUT2D eigenvalue weighted by atomic mass is 9.83. The highest BCUT2D eigenvalue weighted by atomic mass is 16.5. The normalized spacial score (nSPS) is 16.9. The first-order chi connectivity index (χ1) is 10.7. The van der Waals surface area contributed by atoms with E-state index in [1.165, 1.54) is 19.3 Å². The molecule has 0 heterocycles. The lowest BCUT2D eigenvalue weighted by molar-refractivity contribution is -0.146. The topological polar surface area (TPSA) is 38.8 Å². The molecule has 1 aliphatic rings. The van der Waals surface area contributed by atoms with Crippen LogP contribution in [0.3, 0.4) is 0 Å². The Morgan fingerprint density at radius 3 is 2.41 bits per heavy atom. The van der Waals surface area contributed by atoms with Crippen molar-refractivity contribution in [2.45, 2.75) is 45.1 Å². The highest BCUT2D eigenvalue weighted by Gasteiger charge is 2.34. The highest BCUT2D eigenvalue weighted by Crippen LogP contribution is 2.32. The van der Waals surface area contributed by atoms with E-state index in [0.29, 0.717) is 12.5 Å². The molecule has 2 rings (SSSR count). The van der Waals surface area contributed by atoms with E-state index in [4.69, 9.17) is 9.47 Å². The van der Waals surface area contributed by atoms with Crippen molar-refractivity contribution in [3.8, 4) is 5.75 Å². The molecule has 0 N–H and O–H groups in total. The molecule has 1 unspecified atom stereocenters. The SMILES string of the molecule is CCOC(=O)C(C1CCCCC1)N(C)c1ccc(OC)cc1. The fourth-order valence-corrected chi connectivity index (χ4v) is 3.32. The summed E-state index contributed by atoms with van der Waals surface area (Å²) in [6, 6.07) is 7.64. The Bertz CT molecular complexity index is 466. The summed E-state index contributed by atoms with van der Waals surface area (Å²) in [5.41, 5.74) is 1.02. The van der Waals surface area contributed by atoms with Crippen LogP contribution in [0.25, 0.3) is 0 Å². The quantitative estimate of drug-likeness (QED) is 0.752. The molecule has 0 aromatic heterocycles. The van der Waals surface area contributed by atoms with Crippen molar-refractivity contribution < 1.29 is 14.3 Å². The van der Waals surface area contributed by atoms with Crippen LogP contribution in [0.4, 0.5) is 5.69 Å². The number of hydrogen-bond acceptors (Lipinski definition) is 4. The number of esters is 1. The lowest BCUT2D eigenvalue weighted by Gasteiger charge is -2.36. The number of anilines is 1. The first kappa shape index (κ1) is 16.7. The van der Waals surface area contributed by atoms with Gasteiger partial charge in [-0.25, -0.2) is 4.79 Å². The van der Waals surface area contributed by atoms with Crippen LogP contribution in [0, 0.1) is 5.92 Å². The summed E-state index contributed by atoms with van der Waals surface area (Å²) in [4.78, 5) is 14.6. The number of nitrogens with zero attached hydrogens (tertiary/aromatic N) is 1. The third-order valence-corrected chi connectivity index (χ3v) is 4.52. The molecule has 1 aromatic rings. The van der Waals surface area contributed by atoms with Crippen molar-refractivity contribution in [3.05, 3.63) is 24.3 Å². The number of benzene rings is 1. The van der Waals surface area contributed by atoms with Gasteiger partial charge in [-0.3, -0.25) is 0 Å².